The molecule has 0 saturated carbocycles. The molecule has 1 rings (SSSR count). The van der Waals surface area contributed by atoms with Crippen LogP contribution in [0.15, 0.2) is 0 Å². The molecule has 1 heterocycles. The number of hydrogen-bond acceptors (Lipinski definition) is 3. The molecule has 0 aliphatic carbocycles. The second-order valence-corrected chi connectivity index (χ2v) is 8.72. The van der Waals surface area contributed by atoms with Crippen LogP contribution in [0.5, 0.6) is 0 Å². The average molecular weight is 437 g/mol. The van der Waals surface area contributed by atoms with Gasteiger partial charge in [0.2, 0.25) is 0 Å². The van der Waals surface area contributed by atoms with E-state index in [2.05, 4.69) is 40.9 Å². The van der Waals surface area contributed by atoms with E-state index < -0.39 is 0 Å². The molecule has 25 heavy (non-hydrogen) atoms. The summed E-state index contributed by atoms with van der Waals surface area (Å²) in [6.07, 6.45) is 6.57. The van der Waals surface area contributed by atoms with Crippen molar-refractivity contribution in [3.8, 4) is 0 Å². The molecule has 0 unspecified atom stereocenters. The van der Waals surface area contributed by atoms with Crippen LogP contribution in [0.4, 0.5) is 0 Å². The number of rotatable bonds is 9. The summed E-state index contributed by atoms with van der Waals surface area (Å²) < 4.78 is 0. The van der Waals surface area contributed by atoms with E-state index >= 15 is 0 Å². The first-order valence-electron chi connectivity index (χ1n) is 9.81. The summed E-state index contributed by atoms with van der Waals surface area (Å²) in [5.74, 6) is 0. The van der Waals surface area contributed by atoms with Gasteiger partial charge in [-0.25, -0.2) is 0 Å². The quantitative estimate of drug-likeness (QED) is 0.504. The van der Waals surface area contributed by atoms with E-state index in [0.29, 0.717) is 0 Å². The Morgan fingerprint density at radius 2 is 1.52 bits per heavy atom. The second kappa shape index (κ2) is 19.7. The first kappa shape index (κ1) is 25.9. The fraction of sp³-hybridized carbons (Fsp3) is 1.00. The fourth-order valence-electron chi connectivity index (χ4n) is 2.96. The average Bonchev–Trinajstić information content (AvgIpc) is 2.61. The molecule has 1 aliphatic heterocycles. The molecule has 0 aromatic carbocycles. The van der Waals surface area contributed by atoms with E-state index in [9.17, 15) is 0 Å². The van der Waals surface area contributed by atoms with Gasteiger partial charge in [-0.2, -0.15) is 0 Å². The van der Waals surface area contributed by atoms with E-state index in [1.165, 1.54) is 71.4 Å². The van der Waals surface area contributed by atoms with Gasteiger partial charge in [-0.1, -0.05) is 26.7 Å². The van der Waals surface area contributed by atoms with Crippen LogP contribution in [0, 0.1) is 0 Å². The van der Waals surface area contributed by atoms with Gasteiger partial charge in [-0.05, 0) is 65.6 Å². The van der Waals surface area contributed by atoms with Gasteiger partial charge in [0.05, 0.1) is 0 Å². The van der Waals surface area contributed by atoms with Crippen molar-refractivity contribution in [2.75, 3.05) is 72.5 Å². The number of hydrogen-bond donors (Lipinski definition) is 0. The molecule has 0 aromatic heterocycles. The van der Waals surface area contributed by atoms with Crippen molar-refractivity contribution < 1.29 is 13.1 Å². The van der Waals surface area contributed by atoms with Crippen LogP contribution in [0.2, 0.25) is 0 Å². The minimum atomic E-state index is 0.00694. The van der Waals surface area contributed by atoms with E-state index in [4.69, 9.17) is 20.2 Å². The van der Waals surface area contributed by atoms with Gasteiger partial charge in [0, 0.05) is 13.1 Å². The standard InChI is InChI=1S/C18H39N4.2ClH.Mn/c1-4-6-12-21(13-7-5-2)17-18-22-14-8-11-20(3)15-9-19-10-16-22;;;/h4-18H2,1-3H3;2*1H;/q-1;;;+2/p-2. The Bertz CT molecular complexity index is 267. The van der Waals surface area contributed by atoms with Crippen LogP contribution in [0.3, 0.4) is 0 Å². The molecule has 0 amide bonds. The van der Waals surface area contributed by atoms with Crippen LogP contribution in [0.1, 0.15) is 46.0 Å². The summed E-state index contributed by atoms with van der Waals surface area (Å²) in [6, 6.07) is 0. The summed E-state index contributed by atoms with van der Waals surface area (Å²) >= 11 is 0.00694. The molecule has 1 fully saturated rings. The Hall–Kier alpha value is 0.939. The molecule has 0 bridgehead atoms. The van der Waals surface area contributed by atoms with Crippen molar-refractivity contribution in [2.24, 2.45) is 0 Å². The van der Waals surface area contributed by atoms with Gasteiger partial charge in [-0.15, -0.1) is 13.1 Å². The minimum absolute atomic E-state index is 0.00694. The second-order valence-electron chi connectivity index (χ2n) is 6.77. The topological polar surface area (TPSA) is 23.8 Å². The van der Waals surface area contributed by atoms with Gasteiger partial charge in [0.15, 0.2) is 0 Å². The normalized spacial score (nSPS) is 18.0. The zero-order chi connectivity index (χ0) is 18.8. The zero-order valence-electron chi connectivity index (χ0n) is 16.5. The van der Waals surface area contributed by atoms with Crippen molar-refractivity contribution in [1.29, 1.82) is 0 Å². The van der Waals surface area contributed by atoms with E-state index in [1.807, 2.05) is 0 Å². The van der Waals surface area contributed by atoms with Crippen molar-refractivity contribution in [3.63, 3.8) is 0 Å². The molecule has 153 valence electrons. The SMILES string of the molecule is CCCCN(CCCC)CCN1CCCN(C)CC[N-]CC1.[Cl][Mn][Cl]. The van der Waals surface area contributed by atoms with Crippen LogP contribution in [-0.4, -0.2) is 87.2 Å². The van der Waals surface area contributed by atoms with Gasteiger partial charge >= 0.3 is 33.3 Å². The molecule has 1 aliphatic rings. The molecule has 1 saturated heterocycles. The van der Waals surface area contributed by atoms with Crippen molar-refractivity contribution in [2.45, 2.75) is 46.0 Å². The number of nitrogens with zero attached hydrogens (tertiary/aromatic N) is 4. The Morgan fingerprint density at radius 3 is 2.12 bits per heavy atom. The van der Waals surface area contributed by atoms with Crippen LogP contribution < -0.4 is 0 Å². The number of unbranched alkanes of at least 4 members (excludes halogenated alkanes) is 2. The van der Waals surface area contributed by atoms with Crippen molar-refractivity contribution in [3.05, 3.63) is 5.32 Å². The van der Waals surface area contributed by atoms with E-state index in [-0.39, 0.29) is 13.1 Å². The third-order valence-electron chi connectivity index (χ3n) is 4.62. The van der Waals surface area contributed by atoms with Gasteiger partial charge in [-0.3, -0.25) is 0 Å². The molecular formula is C18H39Cl2MnN4-. The number of halogens is 2. The Balaban J connectivity index is 0.00000178. The Kier molecular flexibility index (Phi) is 20.4. The number of likely N-dealkylation sites (N-methyl/N-ethyl adjacent to an activating group) is 1. The van der Waals surface area contributed by atoms with Crippen LogP contribution in [-0.2, 0) is 13.1 Å². The van der Waals surface area contributed by atoms with E-state index in [0.717, 1.165) is 26.2 Å². The fourth-order valence-corrected chi connectivity index (χ4v) is 2.96. The van der Waals surface area contributed by atoms with Gasteiger partial charge < -0.3 is 20.0 Å². The zero-order valence-corrected chi connectivity index (χ0v) is 19.2. The molecule has 7 heteroatoms. The van der Waals surface area contributed by atoms with Crippen molar-refractivity contribution in [1.82, 2.24) is 14.7 Å². The summed E-state index contributed by atoms with van der Waals surface area (Å²) in [5, 5.41) is 4.66. The summed E-state index contributed by atoms with van der Waals surface area (Å²) in [4.78, 5) is 7.73. The third-order valence-corrected chi connectivity index (χ3v) is 4.62. The van der Waals surface area contributed by atoms with Gasteiger partial charge in [0.1, 0.15) is 0 Å². The maximum atomic E-state index is 4.80. The summed E-state index contributed by atoms with van der Waals surface area (Å²) in [7, 11) is 11.8. The molecule has 0 spiro atoms. The monoisotopic (exact) mass is 436 g/mol. The first-order valence-corrected chi connectivity index (χ1v) is 13.1. The molecule has 4 nitrogen and oxygen atoms in total. The predicted molar refractivity (Wildman–Crippen MR) is 110 cm³/mol. The predicted octanol–water partition coefficient (Wildman–Crippen LogP) is 4.28. The van der Waals surface area contributed by atoms with Crippen molar-refractivity contribution >= 4 is 20.2 Å². The van der Waals surface area contributed by atoms with Crippen LogP contribution in [0.25, 0.3) is 5.32 Å². The molecule has 0 N–H and O–H groups in total. The Labute approximate surface area is 171 Å². The molecule has 0 atom stereocenters. The molecule has 0 radical (unpaired) electrons. The first-order chi connectivity index (χ1) is 12.2. The maximum absolute atomic E-state index is 4.80. The van der Waals surface area contributed by atoms with Crippen LogP contribution >= 0.6 is 20.2 Å². The molecular weight excluding hydrogens is 398 g/mol. The third kappa shape index (κ3) is 16.8. The van der Waals surface area contributed by atoms with E-state index in [1.54, 1.807) is 0 Å². The summed E-state index contributed by atoms with van der Waals surface area (Å²) in [5.41, 5.74) is 0. The molecule has 0 aromatic rings. The summed E-state index contributed by atoms with van der Waals surface area (Å²) in [6.45, 7) is 16.3. The van der Waals surface area contributed by atoms with Gasteiger partial charge in [0.25, 0.3) is 0 Å². The Morgan fingerprint density at radius 1 is 0.920 bits per heavy atom.